The number of hydrogen-bond donors (Lipinski definition) is 1. The average molecular weight is 285 g/mol. The molecule has 2 aromatic carbocycles. The van der Waals surface area contributed by atoms with E-state index in [4.69, 9.17) is 19.9 Å². The summed E-state index contributed by atoms with van der Waals surface area (Å²) < 4.78 is 16.5. The van der Waals surface area contributed by atoms with Crippen molar-refractivity contribution in [2.75, 3.05) is 6.79 Å². The maximum absolute atomic E-state index is 6.05. The molecule has 0 radical (unpaired) electrons. The molecule has 1 aliphatic heterocycles. The summed E-state index contributed by atoms with van der Waals surface area (Å²) in [4.78, 5) is 0. The van der Waals surface area contributed by atoms with Gasteiger partial charge in [-0.1, -0.05) is 25.1 Å². The molecule has 1 atom stereocenters. The lowest BCUT2D eigenvalue weighted by Crippen LogP contribution is -2.08. The Labute approximate surface area is 124 Å². The summed E-state index contributed by atoms with van der Waals surface area (Å²) >= 11 is 0. The van der Waals surface area contributed by atoms with E-state index >= 15 is 0 Å². The van der Waals surface area contributed by atoms with Crippen LogP contribution in [0.2, 0.25) is 0 Å². The van der Waals surface area contributed by atoms with Crippen LogP contribution in [-0.2, 0) is 6.61 Å². The van der Waals surface area contributed by atoms with E-state index in [1.807, 2.05) is 42.5 Å². The predicted octanol–water partition coefficient (Wildman–Crippen LogP) is 3.40. The molecule has 0 spiro atoms. The van der Waals surface area contributed by atoms with E-state index in [0.29, 0.717) is 6.61 Å². The summed E-state index contributed by atoms with van der Waals surface area (Å²) in [6, 6.07) is 13.8. The Morgan fingerprint density at radius 3 is 2.86 bits per heavy atom. The van der Waals surface area contributed by atoms with Gasteiger partial charge in [0.05, 0.1) is 0 Å². The Morgan fingerprint density at radius 2 is 2.00 bits per heavy atom. The van der Waals surface area contributed by atoms with Crippen molar-refractivity contribution >= 4 is 0 Å². The molecule has 110 valence electrons. The second-order valence-electron chi connectivity index (χ2n) is 5.06. The molecule has 1 heterocycles. The van der Waals surface area contributed by atoms with Crippen LogP contribution in [0.25, 0.3) is 0 Å². The van der Waals surface area contributed by atoms with E-state index in [2.05, 4.69) is 6.92 Å². The minimum atomic E-state index is 0.0547. The van der Waals surface area contributed by atoms with Gasteiger partial charge in [0.15, 0.2) is 11.5 Å². The number of hydrogen-bond acceptors (Lipinski definition) is 4. The Bertz CT molecular complexity index is 627. The van der Waals surface area contributed by atoms with Gasteiger partial charge < -0.3 is 19.9 Å². The standard InChI is InChI=1S/C17H19NO3/c1-2-15(18)13-4-3-5-14(9-13)19-10-12-6-7-16-17(8-12)21-11-20-16/h3-9,15H,2,10-11,18H2,1H3. The van der Waals surface area contributed by atoms with Crippen molar-refractivity contribution in [3.8, 4) is 17.2 Å². The van der Waals surface area contributed by atoms with Crippen LogP contribution in [0.5, 0.6) is 17.2 Å². The van der Waals surface area contributed by atoms with Gasteiger partial charge in [0.25, 0.3) is 0 Å². The SMILES string of the molecule is CCC(N)c1cccc(OCc2ccc3c(c2)OCO3)c1. The Balaban J connectivity index is 1.67. The smallest absolute Gasteiger partial charge is 0.231 e. The molecule has 0 amide bonds. The van der Waals surface area contributed by atoms with Gasteiger partial charge >= 0.3 is 0 Å². The molecular weight excluding hydrogens is 266 g/mol. The van der Waals surface area contributed by atoms with E-state index in [9.17, 15) is 0 Å². The zero-order valence-electron chi connectivity index (χ0n) is 12.0. The van der Waals surface area contributed by atoms with Gasteiger partial charge in [-0.3, -0.25) is 0 Å². The molecule has 4 heteroatoms. The Morgan fingerprint density at radius 1 is 1.14 bits per heavy atom. The number of nitrogens with two attached hydrogens (primary N) is 1. The normalized spacial score (nSPS) is 14.0. The fourth-order valence-electron chi connectivity index (χ4n) is 2.27. The second-order valence-corrected chi connectivity index (χ2v) is 5.06. The Kier molecular flexibility index (Phi) is 3.97. The zero-order valence-corrected chi connectivity index (χ0v) is 12.0. The van der Waals surface area contributed by atoms with E-state index < -0.39 is 0 Å². The monoisotopic (exact) mass is 285 g/mol. The van der Waals surface area contributed by atoms with Crippen LogP contribution in [0, 0.1) is 0 Å². The minimum Gasteiger partial charge on any atom is -0.489 e. The van der Waals surface area contributed by atoms with Crippen LogP contribution < -0.4 is 19.9 Å². The number of ether oxygens (including phenoxy) is 3. The fraction of sp³-hybridized carbons (Fsp3) is 0.294. The van der Waals surface area contributed by atoms with Gasteiger partial charge in [0.1, 0.15) is 12.4 Å². The summed E-state index contributed by atoms with van der Waals surface area (Å²) in [6.45, 7) is 2.85. The highest BCUT2D eigenvalue weighted by Crippen LogP contribution is 2.32. The minimum absolute atomic E-state index is 0.0547. The average Bonchev–Trinajstić information content (AvgIpc) is 3.00. The lowest BCUT2D eigenvalue weighted by Gasteiger charge is -2.12. The molecule has 2 aromatic rings. The molecule has 0 aliphatic carbocycles. The lowest BCUT2D eigenvalue weighted by atomic mass is 10.1. The second kappa shape index (κ2) is 6.06. The van der Waals surface area contributed by atoms with Crippen LogP contribution >= 0.6 is 0 Å². The first kappa shape index (κ1) is 13.8. The van der Waals surface area contributed by atoms with E-state index in [-0.39, 0.29) is 12.8 Å². The summed E-state index contributed by atoms with van der Waals surface area (Å²) in [5, 5.41) is 0. The van der Waals surface area contributed by atoms with Crippen molar-refractivity contribution < 1.29 is 14.2 Å². The van der Waals surface area contributed by atoms with Gasteiger partial charge in [0.2, 0.25) is 6.79 Å². The van der Waals surface area contributed by atoms with Gasteiger partial charge in [-0.2, -0.15) is 0 Å². The highest BCUT2D eigenvalue weighted by atomic mass is 16.7. The molecule has 1 aliphatic rings. The van der Waals surface area contributed by atoms with Crippen molar-refractivity contribution in [3.05, 3.63) is 53.6 Å². The number of benzene rings is 2. The number of rotatable bonds is 5. The van der Waals surface area contributed by atoms with Crippen molar-refractivity contribution in [2.45, 2.75) is 26.0 Å². The molecule has 0 saturated heterocycles. The first-order valence-corrected chi connectivity index (χ1v) is 7.13. The van der Waals surface area contributed by atoms with Crippen LogP contribution in [0.15, 0.2) is 42.5 Å². The van der Waals surface area contributed by atoms with Gasteiger partial charge in [-0.25, -0.2) is 0 Å². The van der Waals surface area contributed by atoms with E-state index in [1.165, 1.54) is 0 Å². The van der Waals surface area contributed by atoms with Crippen LogP contribution in [-0.4, -0.2) is 6.79 Å². The van der Waals surface area contributed by atoms with E-state index in [0.717, 1.165) is 34.8 Å². The lowest BCUT2D eigenvalue weighted by molar-refractivity contribution is 0.174. The van der Waals surface area contributed by atoms with Crippen molar-refractivity contribution in [1.82, 2.24) is 0 Å². The summed E-state index contributed by atoms with van der Waals surface area (Å²) in [5.74, 6) is 2.39. The summed E-state index contributed by atoms with van der Waals surface area (Å²) in [7, 11) is 0. The molecule has 0 saturated carbocycles. The summed E-state index contributed by atoms with van der Waals surface area (Å²) in [6.07, 6.45) is 0.908. The molecule has 4 nitrogen and oxygen atoms in total. The third-order valence-electron chi connectivity index (χ3n) is 3.57. The van der Waals surface area contributed by atoms with Gasteiger partial charge in [0, 0.05) is 6.04 Å². The third kappa shape index (κ3) is 3.11. The maximum Gasteiger partial charge on any atom is 0.231 e. The quantitative estimate of drug-likeness (QED) is 0.914. The van der Waals surface area contributed by atoms with Crippen molar-refractivity contribution in [1.29, 1.82) is 0 Å². The Hall–Kier alpha value is -2.20. The molecule has 0 fully saturated rings. The van der Waals surface area contributed by atoms with Gasteiger partial charge in [-0.15, -0.1) is 0 Å². The molecule has 1 unspecified atom stereocenters. The molecule has 3 rings (SSSR count). The largest absolute Gasteiger partial charge is 0.489 e. The van der Waals surface area contributed by atoms with Crippen LogP contribution in [0.4, 0.5) is 0 Å². The summed E-state index contributed by atoms with van der Waals surface area (Å²) in [5.41, 5.74) is 8.19. The first-order chi connectivity index (χ1) is 10.3. The molecule has 21 heavy (non-hydrogen) atoms. The maximum atomic E-state index is 6.05. The molecule has 2 N–H and O–H groups in total. The predicted molar refractivity (Wildman–Crippen MR) is 80.6 cm³/mol. The van der Waals surface area contributed by atoms with Crippen molar-refractivity contribution in [2.24, 2.45) is 5.73 Å². The van der Waals surface area contributed by atoms with Crippen LogP contribution in [0.1, 0.15) is 30.5 Å². The third-order valence-corrected chi connectivity index (χ3v) is 3.57. The topological polar surface area (TPSA) is 53.7 Å². The van der Waals surface area contributed by atoms with E-state index in [1.54, 1.807) is 0 Å². The highest BCUT2D eigenvalue weighted by Gasteiger charge is 2.13. The molecule has 0 bridgehead atoms. The molecular formula is C17H19NO3. The van der Waals surface area contributed by atoms with Crippen molar-refractivity contribution in [3.63, 3.8) is 0 Å². The van der Waals surface area contributed by atoms with Crippen LogP contribution in [0.3, 0.4) is 0 Å². The van der Waals surface area contributed by atoms with Gasteiger partial charge in [-0.05, 0) is 41.8 Å². The zero-order chi connectivity index (χ0) is 14.7. The molecule has 0 aromatic heterocycles. The fourth-order valence-corrected chi connectivity index (χ4v) is 2.27. The highest BCUT2D eigenvalue weighted by molar-refractivity contribution is 5.44. The first-order valence-electron chi connectivity index (χ1n) is 7.13. The number of fused-ring (bicyclic) bond motifs is 1.